The number of hydrogen-bond donors (Lipinski definition) is 0. The van der Waals surface area contributed by atoms with Gasteiger partial charge in [-0.15, -0.1) is 0 Å². The second-order valence-electron chi connectivity index (χ2n) is 7.00. The summed E-state index contributed by atoms with van der Waals surface area (Å²) in [6, 6.07) is 6.47. The molecule has 2 rings (SSSR count). The van der Waals surface area contributed by atoms with Crippen molar-refractivity contribution in [3.8, 4) is 0 Å². The van der Waals surface area contributed by atoms with Crippen molar-refractivity contribution < 1.29 is 9.53 Å². The van der Waals surface area contributed by atoms with Crippen LogP contribution < -0.4 is 0 Å². The van der Waals surface area contributed by atoms with Gasteiger partial charge in [0.25, 0.3) is 0 Å². The number of hydrogen-bond acceptors (Lipinski definition) is 2. The van der Waals surface area contributed by atoms with Crippen LogP contribution in [0, 0.1) is 13.8 Å². The van der Waals surface area contributed by atoms with Crippen molar-refractivity contribution in [1.29, 1.82) is 0 Å². The molecule has 1 atom stereocenters. The van der Waals surface area contributed by atoms with Gasteiger partial charge in [-0.2, -0.15) is 0 Å². The maximum atomic E-state index is 12.4. The predicted octanol–water partition coefficient (Wildman–Crippen LogP) is 4.54. The van der Waals surface area contributed by atoms with Crippen molar-refractivity contribution >= 4 is 6.09 Å². The van der Waals surface area contributed by atoms with Crippen molar-refractivity contribution in [3.05, 3.63) is 47.0 Å². The Morgan fingerprint density at radius 1 is 1.24 bits per heavy atom. The highest BCUT2D eigenvalue weighted by Crippen LogP contribution is 2.36. The summed E-state index contributed by atoms with van der Waals surface area (Å²) in [6.45, 7) is 14.5. The number of rotatable bonds is 1. The number of nitrogens with zero attached hydrogens (tertiary/aromatic N) is 1. The van der Waals surface area contributed by atoms with E-state index in [0.717, 1.165) is 17.6 Å². The number of amides is 1. The summed E-state index contributed by atoms with van der Waals surface area (Å²) >= 11 is 0. The highest BCUT2D eigenvalue weighted by molar-refractivity contribution is 5.70. The highest BCUT2D eigenvalue weighted by Gasteiger charge is 2.34. The van der Waals surface area contributed by atoms with Gasteiger partial charge in [0.1, 0.15) is 5.60 Å². The van der Waals surface area contributed by atoms with E-state index in [9.17, 15) is 4.79 Å². The lowest BCUT2D eigenvalue weighted by atomic mass is 9.99. The first-order valence-corrected chi connectivity index (χ1v) is 7.40. The van der Waals surface area contributed by atoms with E-state index in [4.69, 9.17) is 4.74 Å². The number of ether oxygens (including phenoxy) is 1. The maximum absolute atomic E-state index is 12.4. The molecule has 0 saturated carbocycles. The Bertz CT molecular complexity index is 549. The van der Waals surface area contributed by atoms with Crippen LogP contribution in [0.5, 0.6) is 0 Å². The van der Waals surface area contributed by atoms with Gasteiger partial charge in [-0.3, -0.25) is 4.90 Å². The van der Waals surface area contributed by atoms with Crippen LogP contribution in [0.1, 0.15) is 49.9 Å². The molecule has 0 aromatic heterocycles. The molecule has 0 radical (unpaired) electrons. The average molecular weight is 287 g/mol. The predicted molar refractivity (Wildman–Crippen MR) is 85.4 cm³/mol. The van der Waals surface area contributed by atoms with Gasteiger partial charge >= 0.3 is 6.09 Å². The Morgan fingerprint density at radius 2 is 1.81 bits per heavy atom. The van der Waals surface area contributed by atoms with Crippen molar-refractivity contribution in [2.45, 2.75) is 52.7 Å². The van der Waals surface area contributed by atoms with E-state index >= 15 is 0 Å². The minimum atomic E-state index is -0.478. The molecule has 3 nitrogen and oxygen atoms in total. The van der Waals surface area contributed by atoms with Crippen LogP contribution in [0.4, 0.5) is 4.79 Å². The van der Waals surface area contributed by atoms with Crippen molar-refractivity contribution in [3.63, 3.8) is 0 Å². The highest BCUT2D eigenvalue weighted by atomic mass is 16.6. The van der Waals surface area contributed by atoms with E-state index in [-0.39, 0.29) is 12.1 Å². The van der Waals surface area contributed by atoms with E-state index < -0.39 is 5.60 Å². The van der Waals surface area contributed by atoms with Gasteiger partial charge in [0.05, 0.1) is 6.04 Å². The molecule has 1 heterocycles. The van der Waals surface area contributed by atoms with E-state index in [1.165, 1.54) is 11.1 Å². The fraction of sp³-hybridized carbons (Fsp3) is 0.500. The normalized spacial score (nSPS) is 19.0. The van der Waals surface area contributed by atoms with Crippen LogP contribution in [0.2, 0.25) is 0 Å². The molecule has 1 saturated heterocycles. The molecule has 21 heavy (non-hydrogen) atoms. The first-order chi connectivity index (χ1) is 9.65. The Kier molecular flexibility index (Phi) is 4.13. The van der Waals surface area contributed by atoms with Gasteiger partial charge in [-0.25, -0.2) is 4.79 Å². The second kappa shape index (κ2) is 5.55. The molecule has 3 heteroatoms. The smallest absolute Gasteiger partial charge is 0.411 e. The topological polar surface area (TPSA) is 29.5 Å². The van der Waals surface area contributed by atoms with E-state index in [1.807, 2.05) is 20.8 Å². The average Bonchev–Trinajstić information content (AvgIpc) is 2.68. The Hall–Kier alpha value is -1.77. The molecule has 0 aliphatic carbocycles. The minimum absolute atomic E-state index is 0.0333. The van der Waals surface area contributed by atoms with Crippen LogP contribution in [-0.4, -0.2) is 23.1 Å². The zero-order chi connectivity index (χ0) is 15.8. The third-order valence-electron chi connectivity index (χ3n) is 3.51. The Balaban J connectivity index is 2.28. The lowest BCUT2D eigenvalue weighted by molar-refractivity contribution is 0.0227. The molecule has 0 N–H and O–H groups in total. The van der Waals surface area contributed by atoms with Crippen molar-refractivity contribution in [2.75, 3.05) is 6.54 Å². The van der Waals surface area contributed by atoms with Gasteiger partial charge in [0.2, 0.25) is 0 Å². The summed E-state index contributed by atoms with van der Waals surface area (Å²) in [6.07, 6.45) is 0.549. The minimum Gasteiger partial charge on any atom is -0.444 e. The number of carbonyl (C=O) groups is 1. The molecule has 0 spiro atoms. The van der Waals surface area contributed by atoms with Gasteiger partial charge in [0.15, 0.2) is 0 Å². The summed E-state index contributed by atoms with van der Waals surface area (Å²) < 4.78 is 5.53. The first-order valence-electron chi connectivity index (χ1n) is 7.40. The van der Waals surface area contributed by atoms with Crippen LogP contribution >= 0.6 is 0 Å². The molecule has 1 aromatic carbocycles. The summed E-state index contributed by atoms with van der Waals surface area (Å²) in [4.78, 5) is 14.2. The van der Waals surface area contributed by atoms with E-state index in [0.29, 0.717) is 6.54 Å². The largest absolute Gasteiger partial charge is 0.444 e. The molecule has 114 valence electrons. The standard InChI is InChI=1S/C18H25NO2/c1-12-7-13(2)9-15(8-12)16-10-14(3)11-19(16)17(20)21-18(4,5)6/h7-9,16H,3,10-11H2,1-2,4-6H3/t16-/m1/s1. The zero-order valence-corrected chi connectivity index (χ0v) is 13.7. The molecule has 1 aliphatic rings. The fourth-order valence-electron chi connectivity index (χ4n) is 2.81. The number of likely N-dealkylation sites (tertiary alicyclic amines) is 1. The lowest BCUT2D eigenvalue weighted by Crippen LogP contribution is -2.36. The van der Waals surface area contributed by atoms with E-state index in [2.05, 4.69) is 38.6 Å². The zero-order valence-electron chi connectivity index (χ0n) is 13.7. The van der Waals surface area contributed by atoms with Crippen LogP contribution in [-0.2, 0) is 4.74 Å². The van der Waals surface area contributed by atoms with Crippen LogP contribution in [0.3, 0.4) is 0 Å². The molecule has 1 amide bonds. The Morgan fingerprint density at radius 3 is 2.33 bits per heavy atom. The van der Waals surface area contributed by atoms with Gasteiger partial charge in [-0.05, 0) is 46.6 Å². The second-order valence-corrected chi connectivity index (χ2v) is 7.00. The van der Waals surface area contributed by atoms with E-state index in [1.54, 1.807) is 4.90 Å². The lowest BCUT2D eigenvalue weighted by Gasteiger charge is -2.28. The number of aryl methyl sites for hydroxylation is 2. The SMILES string of the molecule is C=C1C[C@H](c2cc(C)cc(C)c2)N(C(=O)OC(C)(C)C)C1. The maximum Gasteiger partial charge on any atom is 0.411 e. The third kappa shape index (κ3) is 3.87. The summed E-state index contributed by atoms with van der Waals surface area (Å²) in [5.74, 6) is 0. The number of benzene rings is 1. The molecule has 0 unspecified atom stereocenters. The molecule has 0 bridgehead atoms. The van der Waals surface area contributed by atoms with Gasteiger partial charge in [-0.1, -0.05) is 41.5 Å². The van der Waals surface area contributed by atoms with Crippen LogP contribution in [0.25, 0.3) is 0 Å². The first kappa shape index (κ1) is 15.6. The van der Waals surface area contributed by atoms with Crippen molar-refractivity contribution in [2.24, 2.45) is 0 Å². The molecule has 1 aliphatic heterocycles. The third-order valence-corrected chi connectivity index (χ3v) is 3.51. The number of carbonyl (C=O) groups excluding carboxylic acids is 1. The Labute approximate surface area is 127 Å². The molecule has 1 fully saturated rings. The summed E-state index contributed by atoms with van der Waals surface area (Å²) in [7, 11) is 0. The van der Waals surface area contributed by atoms with Crippen LogP contribution in [0.15, 0.2) is 30.4 Å². The summed E-state index contributed by atoms with van der Waals surface area (Å²) in [5, 5.41) is 0. The molecular weight excluding hydrogens is 262 g/mol. The summed E-state index contributed by atoms with van der Waals surface area (Å²) in [5.41, 5.74) is 4.19. The molecular formula is C18H25NO2. The monoisotopic (exact) mass is 287 g/mol. The molecule has 1 aromatic rings. The van der Waals surface area contributed by atoms with Crippen molar-refractivity contribution in [1.82, 2.24) is 4.90 Å². The van der Waals surface area contributed by atoms with Gasteiger partial charge < -0.3 is 4.74 Å². The quantitative estimate of drug-likeness (QED) is 0.710. The van der Waals surface area contributed by atoms with Gasteiger partial charge in [0, 0.05) is 6.54 Å². The fourth-order valence-corrected chi connectivity index (χ4v) is 2.81.